The number of benzene rings is 4. The van der Waals surface area contributed by atoms with Gasteiger partial charge in [0.15, 0.2) is 0 Å². The number of rotatable bonds is 4. The van der Waals surface area contributed by atoms with Gasteiger partial charge in [-0.1, -0.05) is 59.6 Å². The molecule has 0 unspecified atom stereocenters. The lowest BCUT2D eigenvalue weighted by Gasteiger charge is -2.10. The van der Waals surface area contributed by atoms with E-state index in [1.54, 1.807) is 30.3 Å². The van der Waals surface area contributed by atoms with Gasteiger partial charge >= 0.3 is 6.03 Å². The predicted molar refractivity (Wildman–Crippen MR) is 123 cm³/mol. The van der Waals surface area contributed by atoms with Crippen molar-refractivity contribution in [2.75, 3.05) is 5.32 Å². The number of fused-ring (bicyclic) bond motifs is 1. The fourth-order valence-electron chi connectivity index (χ4n) is 3.02. The Morgan fingerprint density at radius 2 is 1.35 bits per heavy atom. The van der Waals surface area contributed by atoms with Gasteiger partial charge in [0.25, 0.3) is 5.91 Å². The van der Waals surface area contributed by atoms with E-state index in [1.807, 2.05) is 42.5 Å². The van der Waals surface area contributed by atoms with Crippen molar-refractivity contribution in [3.8, 4) is 11.5 Å². The lowest BCUT2D eigenvalue weighted by molar-refractivity contribution is 0.0967. The third-order valence-electron chi connectivity index (χ3n) is 4.49. The van der Waals surface area contributed by atoms with Crippen LogP contribution in [0.2, 0.25) is 10.0 Å². The van der Waals surface area contributed by atoms with Gasteiger partial charge in [-0.2, -0.15) is 0 Å². The van der Waals surface area contributed by atoms with Crippen LogP contribution in [-0.4, -0.2) is 11.9 Å². The van der Waals surface area contributed by atoms with E-state index >= 15 is 0 Å². The van der Waals surface area contributed by atoms with Crippen molar-refractivity contribution in [3.63, 3.8) is 0 Å². The van der Waals surface area contributed by atoms with Crippen LogP contribution in [-0.2, 0) is 0 Å². The number of carbonyl (C=O) groups excluding carboxylic acids is 2. The maximum atomic E-state index is 12.3. The molecule has 0 saturated heterocycles. The van der Waals surface area contributed by atoms with Crippen molar-refractivity contribution in [2.45, 2.75) is 0 Å². The van der Waals surface area contributed by atoms with Gasteiger partial charge in [0.05, 0.1) is 15.6 Å². The molecular formula is C24H16Cl2N2O3. The molecule has 0 aliphatic rings. The van der Waals surface area contributed by atoms with Gasteiger partial charge in [-0.25, -0.2) is 4.79 Å². The largest absolute Gasteiger partial charge is 0.457 e. The van der Waals surface area contributed by atoms with Crippen molar-refractivity contribution >= 4 is 51.6 Å². The van der Waals surface area contributed by atoms with Gasteiger partial charge in [-0.3, -0.25) is 10.1 Å². The topological polar surface area (TPSA) is 67.4 Å². The molecule has 5 nitrogen and oxygen atoms in total. The van der Waals surface area contributed by atoms with E-state index in [1.165, 1.54) is 12.1 Å². The first kappa shape index (κ1) is 20.7. The normalized spacial score (nSPS) is 10.5. The zero-order valence-corrected chi connectivity index (χ0v) is 17.6. The SMILES string of the molecule is O=C(NC(=O)c1c(Cl)cccc1Cl)Nc1ccc(Oc2ccc3ccccc3c2)cc1. The average Bonchev–Trinajstić information content (AvgIpc) is 2.75. The Balaban J connectivity index is 1.38. The first-order valence-electron chi connectivity index (χ1n) is 9.33. The summed E-state index contributed by atoms with van der Waals surface area (Å²) in [5, 5.41) is 7.33. The second-order valence-corrected chi connectivity index (χ2v) is 7.45. The van der Waals surface area contributed by atoms with E-state index < -0.39 is 11.9 Å². The van der Waals surface area contributed by atoms with Gasteiger partial charge in [0.1, 0.15) is 11.5 Å². The Hall–Kier alpha value is -3.54. The zero-order chi connectivity index (χ0) is 21.8. The first-order valence-corrected chi connectivity index (χ1v) is 10.1. The minimum absolute atomic E-state index is 0.0418. The minimum Gasteiger partial charge on any atom is -0.457 e. The number of urea groups is 1. The highest BCUT2D eigenvalue weighted by molar-refractivity contribution is 6.40. The Bertz CT molecular complexity index is 1250. The third-order valence-corrected chi connectivity index (χ3v) is 5.12. The van der Waals surface area contributed by atoms with E-state index in [9.17, 15) is 9.59 Å². The molecule has 3 amide bonds. The summed E-state index contributed by atoms with van der Waals surface area (Å²) in [6.45, 7) is 0. The van der Waals surface area contributed by atoms with Crippen LogP contribution in [0.3, 0.4) is 0 Å². The maximum Gasteiger partial charge on any atom is 0.326 e. The smallest absolute Gasteiger partial charge is 0.326 e. The standard InChI is InChI=1S/C24H16Cl2N2O3/c25-20-6-3-7-21(26)22(20)23(29)28-24(30)27-17-9-12-18(13-10-17)31-19-11-8-15-4-1-2-5-16(15)14-19/h1-14H,(H2,27,28,29,30). The fraction of sp³-hybridized carbons (Fsp3) is 0. The number of hydrogen-bond donors (Lipinski definition) is 2. The fourth-order valence-corrected chi connectivity index (χ4v) is 3.59. The molecule has 2 N–H and O–H groups in total. The first-order chi connectivity index (χ1) is 15.0. The second-order valence-electron chi connectivity index (χ2n) is 6.64. The van der Waals surface area contributed by atoms with Crippen molar-refractivity contribution in [2.24, 2.45) is 0 Å². The number of imide groups is 1. The summed E-state index contributed by atoms with van der Waals surface area (Å²) in [4.78, 5) is 24.4. The number of halogens is 2. The Labute approximate surface area is 188 Å². The Morgan fingerprint density at radius 1 is 0.710 bits per heavy atom. The third kappa shape index (κ3) is 4.97. The molecule has 31 heavy (non-hydrogen) atoms. The van der Waals surface area contributed by atoms with Crippen LogP contribution < -0.4 is 15.4 Å². The molecule has 0 bridgehead atoms. The van der Waals surface area contributed by atoms with Crippen molar-refractivity contribution in [1.82, 2.24) is 5.32 Å². The number of amides is 3. The molecule has 4 rings (SSSR count). The molecular weight excluding hydrogens is 435 g/mol. The van der Waals surface area contributed by atoms with Gasteiger partial charge < -0.3 is 10.1 Å². The van der Waals surface area contributed by atoms with Crippen LogP contribution >= 0.6 is 23.2 Å². The molecule has 0 aliphatic heterocycles. The molecule has 0 spiro atoms. The summed E-state index contributed by atoms with van der Waals surface area (Å²) in [6, 6.07) is 24.6. The molecule has 7 heteroatoms. The molecule has 0 aliphatic carbocycles. The summed E-state index contributed by atoms with van der Waals surface area (Å²) >= 11 is 12.0. The minimum atomic E-state index is -0.704. The summed E-state index contributed by atoms with van der Waals surface area (Å²) in [5.41, 5.74) is 0.529. The van der Waals surface area contributed by atoms with Crippen LogP contribution in [0.1, 0.15) is 10.4 Å². The van der Waals surface area contributed by atoms with Crippen LogP contribution in [0.15, 0.2) is 84.9 Å². The number of carbonyl (C=O) groups is 2. The van der Waals surface area contributed by atoms with E-state index in [-0.39, 0.29) is 15.6 Å². The van der Waals surface area contributed by atoms with Crippen molar-refractivity contribution in [3.05, 3.63) is 101 Å². The predicted octanol–water partition coefficient (Wildman–Crippen LogP) is 6.90. The van der Waals surface area contributed by atoms with Gasteiger partial charge in [0.2, 0.25) is 0 Å². The molecule has 4 aromatic rings. The summed E-state index contributed by atoms with van der Waals surface area (Å²) < 4.78 is 5.88. The molecule has 0 fully saturated rings. The summed E-state index contributed by atoms with van der Waals surface area (Å²) in [7, 11) is 0. The highest BCUT2D eigenvalue weighted by Crippen LogP contribution is 2.27. The maximum absolute atomic E-state index is 12.3. The monoisotopic (exact) mass is 450 g/mol. The number of hydrogen-bond acceptors (Lipinski definition) is 3. The summed E-state index contributed by atoms with van der Waals surface area (Å²) in [5.74, 6) is 0.629. The van der Waals surface area contributed by atoms with Crippen LogP contribution in [0, 0.1) is 0 Å². The second kappa shape index (κ2) is 9.08. The number of anilines is 1. The van der Waals surface area contributed by atoms with Crippen LogP contribution in [0.4, 0.5) is 10.5 Å². The lowest BCUT2D eigenvalue weighted by atomic mass is 10.1. The Kier molecular flexibility index (Phi) is 6.07. The lowest BCUT2D eigenvalue weighted by Crippen LogP contribution is -2.34. The van der Waals surface area contributed by atoms with E-state index in [0.29, 0.717) is 17.2 Å². The zero-order valence-electron chi connectivity index (χ0n) is 16.1. The number of nitrogens with one attached hydrogen (secondary N) is 2. The highest BCUT2D eigenvalue weighted by atomic mass is 35.5. The van der Waals surface area contributed by atoms with E-state index in [4.69, 9.17) is 27.9 Å². The van der Waals surface area contributed by atoms with Gasteiger partial charge in [-0.15, -0.1) is 0 Å². The molecule has 0 radical (unpaired) electrons. The Morgan fingerprint density at radius 3 is 2.06 bits per heavy atom. The summed E-state index contributed by atoms with van der Waals surface area (Å²) in [6.07, 6.45) is 0. The molecule has 0 heterocycles. The molecule has 154 valence electrons. The number of ether oxygens (including phenoxy) is 1. The van der Waals surface area contributed by atoms with Crippen LogP contribution in [0.25, 0.3) is 10.8 Å². The van der Waals surface area contributed by atoms with Crippen LogP contribution in [0.5, 0.6) is 11.5 Å². The molecule has 0 atom stereocenters. The van der Waals surface area contributed by atoms with Gasteiger partial charge in [0, 0.05) is 5.69 Å². The molecule has 0 aromatic heterocycles. The van der Waals surface area contributed by atoms with Crippen molar-refractivity contribution in [1.29, 1.82) is 0 Å². The van der Waals surface area contributed by atoms with Crippen molar-refractivity contribution < 1.29 is 14.3 Å². The molecule has 4 aromatic carbocycles. The van der Waals surface area contributed by atoms with E-state index in [2.05, 4.69) is 10.6 Å². The highest BCUT2D eigenvalue weighted by Gasteiger charge is 2.17. The molecule has 0 saturated carbocycles. The van der Waals surface area contributed by atoms with E-state index in [0.717, 1.165) is 10.8 Å². The van der Waals surface area contributed by atoms with Gasteiger partial charge in [-0.05, 0) is 59.3 Å². The quantitative estimate of drug-likeness (QED) is 0.355. The average molecular weight is 451 g/mol.